The van der Waals surface area contributed by atoms with E-state index in [-0.39, 0.29) is 0 Å². The highest BCUT2D eigenvalue weighted by molar-refractivity contribution is 5.99. The molecule has 3 amide bonds. The summed E-state index contributed by atoms with van der Waals surface area (Å²) in [6.07, 6.45) is -16.5. The van der Waals surface area contributed by atoms with Crippen molar-refractivity contribution in [2.45, 2.75) is 24.8 Å². The Hall–Kier alpha value is -4.56. The second kappa shape index (κ2) is 11.3. The third kappa shape index (κ3) is 7.74. The van der Waals surface area contributed by atoms with Crippen molar-refractivity contribution in [1.82, 2.24) is 16.0 Å². The molecule has 0 aliphatic rings. The van der Waals surface area contributed by atoms with Crippen LogP contribution in [0, 0.1) is 0 Å². The Morgan fingerprint density at radius 3 is 0.950 bits per heavy atom. The van der Waals surface area contributed by atoms with Gasteiger partial charge in [0.1, 0.15) is 0 Å². The lowest BCUT2D eigenvalue weighted by molar-refractivity contribution is -0.138. The molecule has 0 fully saturated rings. The summed E-state index contributed by atoms with van der Waals surface area (Å²) in [5, 5.41) is 5.97. The smallest absolute Gasteiger partial charge is 0.315 e. The van der Waals surface area contributed by atoms with Gasteiger partial charge < -0.3 is 16.0 Å². The number of hydrogen-bond acceptors (Lipinski definition) is 3. The van der Waals surface area contributed by atoms with E-state index in [1.165, 1.54) is 0 Å². The van der Waals surface area contributed by atoms with Gasteiger partial charge in [-0.25, -0.2) is 0 Å². The van der Waals surface area contributed by atoms with Gasteiger partial charge in [0.15, 0.2) is 6.29 Å². The third-order valence-corrected chi connectivity index (χ3v) is 5.18. The summed E-state index contributed by atoms with van der Waals surface area (Å²) in [7, 11) is 0. The lowest BCUT2D eigenvalue weighted by atomic mass is 10.1. The number of halogens is 9. The lowest BCUT2D eigenvalue weighted by Crippen LogP contribution is -2.58. The zero-order valence-corrected chi connectivity index (χ0v) is 19.6. The molecule has 3 aromatic rings. The van der Waals surface area contributed by atoms with E-state index in [1.54, 1.807) is 0 Å². The first kappa shape index (κ1) is 30.0. The summed E-state index contributed by atoms with van der Waals surface area (Å²) in [6, 6.07) is 8.94. The second-order valence-corrected chi connectivity index (χ2v) is 8.09. The number of rotatable bonds is 6. The molecule has 3 N–H and O–H groups in total. The molecule has 6 nitrogen and oxygen atoms in total. The molecule has 0 spiro atoms. The fraction of sp³-hybridized carbons (Fsp3) is 0.160. The van der Waals surface area contributed by atoms with Crippen LogP contribution >= 0.6 is 0 Å². The molecule has 0 atom stereocenters. The first-order valence-corrected chi connectivity index (χ1v) is 10.9. The molecule has 0 aliphatic heterocycles. The Kier molecular flexibility index (Phi) is 8.45. The zero-order valence-electron chi connectivity index (χ0n) is 19.6. The topological polar surface area (TPSA) is 87.3 Å². The minimum absolute atomic E-state index is 0.454. The zero-order chi connectivity index (χ0) is 29.9. The van der Waals surface area contributed by atoms with Gasteiger partial charge in [0.25, 0.3) is 17.7 Å². The molecular weight excluding hydrogens is 561 g/mol. The molecule has 0 saturated carbocycles. The number of benzene rings is 3. The van der Waals surface area contributed by atoms with E-state index in [0.29, 0.717) is 36.4 Å². The first-order chi connectivity index (χ1) is 18.4. The Bertz CT molecular complexity index is 1250. The van der Waals surface area contributed by atoms with Crippen LogP contribution in [0.2, 0.25) is 0 Å². The average Bonchev–Trinajstić information content (AvgIpc) is 2.87. The minimum Gasteiger partial charge on any atom is -0.315 e. The van der Waals surface area contributed by atoms with Crippen LogP contribution in [0.15, 0.2) is 72.8 Å². The molecule has 15 heteroatoms. The molecule has 0 aromatic heterocycles. The van der Waals surface area contributed by atoms with Crippen LogP contribution in [0.25, 0.3) is 0 Å². The van der Waals surface area contributed by atoms with Gasteiger partial charge >= 0.3 is 18.5 Å². The Balaban J connectivity index is 1.90. The molecule has 40 heavy (non-hydrogen) atoms. The predicted octanol–water partition coefficient (Wildman–Crippen LogP) is 5.62. The van der Waals surface area contributed by atoms with E-state index in [4.69, 9.17) is 0 Å². The average molecular weight is 577 g/mol. The van der Waals surface area contributed by atoms with Crippen LogP contribution in [0.1, 0.15) is 47.8 Å². The molecular formula is C25H16F9N3O3. The van der Waals surface area contributed by atoms with Gasteiger partial charge in [-0.1, -0.05) is 18.2 Å². The maximum absolute atomic E-state index is 13.0. The number of alkyl halides is 9. The summed E-state index contributed by atoms with van der Waals surface area (Å²) >= 11 is 0. The van der Waals surface area contributed by atoms with Crippen LogP contribution < -0.4 is 16.0 Å². The van der Waals surface area contributed by atoms with Crippen molar-refractivity contribution >= 4 is 17.7 Å². The van der Waals surface area contributed by atoms with Crippen LogP contribution in [0.4, 0.5) is 39.5 Å². The minimum atomic E-state index is -4.83. The standard InChI is InChI=1S/C25H16F9N3O3/c26-23(27,28)16-7-1-4-13(10-16)19(38)35-22(36-20(39)14-5-2-8-17(11-14)24(29,30)31)37-21(40)15-6-3-9-18(12-15)25(32,33)34/h1-12,22H,(H,35,38)(H,36,39)(H,37,40). The van der Waals surface area contributed by atoms with Gasteiger partial charge in [-0.05, 0) is 54.6 Å². The van der Waals surface area contributed by atoms with Crippen molar-refractivity contribution in [2.24, 2.45) is 0 Å². The van der Waals surface area contributed by atoms with E-state index in [9.17, 15) is 53.9 Å². The molecule has 3 rings (SSSR count). The first-order valence-electron chi connectivity index (χ1n) is 10.9. The van der Waals surface area contributed by atoms with Gasteiger partial charge in [0, 0.05) is 16.7 Å². The van der Waals surface area contributed by atoms with Crippen LogP contribution in [-0.4, -0.2) is 24.0 Å². The molecule has 0 unspecified atom stereocenters. The highest BCUT2D eigenvalue weighted by Gasteiger charge is 2.33. The maximum Gasteiger partial charge on any atom is 0.416 e. The van der Waals surface area contributed by atoms with E-state index >= 15 is 0 Å². The van der Waals surface area contributed by atoms with Crippen molar-refractivity contribution in [1.29, 1.82) is 0 Å². The molecule has 0 saturated heterocycles. The third-order valence-electron chi connectivity index (χ3n) is 5.18. The summed E-state index contributed by atoms with van der Waals surface area (Å²) in [5.74, 6) is -3.82. The van der Waals surface area contributed by atoms with Gasteiger partial charge in [-0.3, -0.25) is 14.4 Å². The van der Waals surface area contributed by atoms with Crippen molar-refractivity contribution in [2.75, 3.05) is 0 Å². The van der Waals surface area contributed by atoms with Crippen LogP contribution in [0.3, 0.4) is 0 Å². The van der Waals surface area contributed by atoms with Crippen molar-refractivity contribution < 1.29 is 53.9 Å². The fourth-order valence-corrected chi connectivity index (χ4v) is 3.26. The van der Waals surface area contributed by atoms with Crippen molar-refractivity contribution in [3.63, 3.8) is 0 Å². The lowest BCUT2D eigenvalue weighted by Gasteiger charge is -2.22. The second-order valence-electron chi connectivity index (χ2n) is 8.09. The molecule has 0 radical (unpaired) electrons. The van der Waals surface area contributed by atoms with Gasteiger partial charge in [-0.2, -0.15) is 39.5 Å². The number of amides is 3. The van der Waals surface area contributed by atoms with E-state index < -0.39 is 75.9 Å². The Morgan fingerprint density at radius 1 is 0.475 bits per heavy atom. The fourth-order valence-electron chi connectivity index (χ4n) is 3.26. The normalized spacial score (nSPS) is 12.2. The van der Waals surface area contributed by atoms with Gasteiger partial charge in [-0.15, -0.1) is 0 Å². The molecule has 3 aromatic carbocycles. The number of carbonyl (C=O) groups excluding carboxylic acids is 3. The van der Waals surface area contributed by atoms with Crippen LogP contribution in [-0.2, 0) is 18.5 Å². The summed E-state index contributed by atoms with van der Waals surface area (Å²) in [6.45, 7) is 0. The van der Waals surface area contributed by atoms with Crippen molar-refractivity contribution in [3.8, 4) is 0 Å². The largest absolute Gasteiger partial charge is 0.416 e. The summed E-state index contributed by atoms with van der Waals surface area (Å²) < 4.78 is 117. The number of hydrogen-bond donors (Lipinski definition) is 3. The highest BCUT2D eigenvalue weighted by Crippen LogP contribution is 2.31. The van der Waals surface area contributed by atoms with Crippen LogP contribution in [0.5, 0.6) is 0 Å². The Labute approximate surface area is 219 Å². The van der Waals surface area contributed by atoms with Crippen molar-refractivity contribution in [3.05, 3.63) is 106 Å². The Morgan fingerprint density at radius 2 is 0.725 bits per heavy atom. The molecule has 0 heterocycles. The van der Waals surface area contributed by atoms with Gasteiger partial charge in [0.05, 0.1) is 16.7 Å². The van der Waals surface area contributed by atoms with Gasteiger partial charge in [0.2, 0.25) is 0 Å². The number of carbonyl (C=O) groups is 3. The van der Waals surface area contributed by atoms with E-state index in [1.807, 2.05) is 16.0 Å². The predicted molar refractivity (Wildman–Crippen MR) is 121 cm³/mol. The molecule has 212 valence electrons. The van der Waals surface area contributed by atoms with E-state index in [2.05, 4.69) is 0 Å². The quantitative estimate of drug-likeness (QED) is 0.263. The number of nitrogens with one attached hydrogen (secondary N) is 3. The monoisotopic (exact) mass is 577 g/mol. The summed E-state index contributed by atoms with van der Waals surface area (Å²) in [4.78, 5) is 38.0. The highest BCUT2D eigenvalue weighted by atomic mass is 19.4. The molecule has 0 aliphatic carbocycles. The van der Waals surface area contributed by atoms with E-state index in [0.717, 1.165) is 36.4 Å². The SMILES string of the molecule is O=C(NC(NC(=O)c1cccc(C(F)(F)F)c1)NC(=O)c1cccc(C(F)(F)F)c1)c1cccc(C(F)(F)F)c1. The molecule has 0 bridgehead atoms. The summed E-state index contributed by atoms with van der Waals surface area (Å²) in [5.41, 5.74) is -5.38. The maximum atomic E-state index is 13.0.